The van der Waals surface area contributed by atoms with Gasteiger partial charge in [-0.1, -0.05) is 60.6 Å². The number of hydrogen-bond donors (Lipinski definition) is 2. The van der Waals surface area contributed by atoms with Crippen molar-refractivity contribution >= 4 is 67.1 Å². The Bertz CT molecular complexity index is 2690. The maximum atomic E-state index is 14.1. The van der Waals surface area contributed by atoms with Crippen LogP contribution >= 0.6 is 22.9 Å². The minimum Gasteiger partial charge on any atom is -0.467 e. The summed E-state index contributed by atoms with van der Waals surface area (Å²) in [4.78, 5) is 37.3. The summed E-state index contributed by atoms with van der Waals surface area (Å²) < 4.78 is 53.4. The van der Waals surface area contributed by atoms with Crippen molar-refractivity contribution in [2.24, 2.45) is 5.41 Å². The maximum absolute atomic E-state index is 14.1. The SMILES string of the molecule is Cc1nc(OC[C@@H]2CN(C(=O)OC(C)(C)C)CCO2)sc1S(=O)(=O)NC(=O)c1ccc(N2CCN(CC3=C(c4ccc(Cl)cc4)CC(C)(C)CC3)CC2)cc1Oc1cccc2[nH]ncc12. The van der Waals surface area contributed by atoms with E-state index in [4.69, 9.17) is 30.5 Å². The number of carbonyl (C=O) groups is 2. The molecule has 1 aliphatic carbocycles. The topological polar surface area (TPSA) is 169 Å². The predicted octanol–water partition coefficient (Wildman–Crippen LogP) is 8.69. The molecule has 4 heterocycles. The highest BCUT2D eigenvalue weighted by molar-refractivity contribution is 7.92. The zero-order valence-electron chi connectivity index (χ0n) is 37.6. The Morgan fingerprint density at radius 3 is 2.55 bits per heavy atom. The van der Waals surface area contributed by atoms with Gasteiger partial charge >= 0.3 is 6.09 Å². The average Bonchev–Trinajstić information content (AvgIpc) is 3.91. The Balaban J connectivity index is 0.965. The molecule has 0 unspecified atom stereocenters. The van der Waals surface area contributed by atoms with E-state index in [2.05, 4.69) is 55.7 Å². The van der Waals surface area contributed by atoms with Crippen molar-refractivity contribution < 1.29 is 37.0 Å². The number of halogens is 1. The number of morpholine rings is 1. The van der Waals surface area contributed by atoms with Gasteiger partial charge in [0.2, 0.25) is 0 Å². The molecule has 0 spiro atoms. The first kappa shape index (κ1) is 46.3. The van der Waals surface area contributed by atoms with E-state index in [1.165, 1.54) is 23.6 Å². The monoisotopic (exact) mass is 945 g/mol. The number of benzene rings is 3. The number of nitrogens with zero attached hydrogens (tertiary/aromatic N) is 5. The number of piperazine rings is 1. The minimum absolute atomic E-state index is 0.0193. The number of nitrogens with one attached hydrogen (secondary N) is 2. The molecule has 2 aliphatic heterocycles. The Labute approximate surface area is 389 Å². The van der Waals surface area contributed by atoms with Crippen LogP contribution in [-0.2, 0) is 19.5 Å². The van der Waals surface area contributed by atoms with Gasteiger partial charge in [0, 0.05) is 56.0 Å². The fourth-order valence-electron chi connectivity index (χ4n) is 8.40. The molecule has 2 N–H and O–H groups in total. The highest BCUT2D eigenvalue weighted by Gasteiger charge is 2.32. The smallest absolute Gasteiger partial charge is 0.410 e. The first-order valence-corrected chi connectivity index (χ1v) is 24.5. The van der Waals surface area contributed by atoms with Crippen LogP contribution in [0.4, 0.5) is 10.5 Å². The van der Waals surface area contributed by atoms with Crippen molar-refractivity contribution in [3.05, 3.63) is 94.3 Å². The van der Waals surface area contributed by atoms with Gasteiger partial charge in [0.1, 0.15) is 29.8 Å². The Hall–Kier alpha value is -5.20. The molecule has 8 rings (SSSR count). The lowest BCUT2D eigenvalue weighted by molar-refractivity contribution is -0.0557. The third-order valence-electron chi connectivity index (χ3n) is 11.8. The minimum atomic E-state index is -4.41. The van der Waals surface area contributed by atoms with Crippen LogP contribution in [0.2, 0.25) is 5.02 Å². The normalized spacial score (nSPS) is 18.5. The molecule has 2 saturated heterocycles. The number of ether oxygens (including phenoxy) is 4. The van der Waals surface area contributed by atoms with E-state index < -0.39 is 33.7 Å². The average molecular weight is 947 g/mol. The lowest BCUT2D eigenvalue weighted by Crippen LogP contribution is -2.49. The van der Waals surface area contributed by atoms with Crippen LogP contribution in [0.3, 0.4) is 0 Å². The molecule has 2 amide bonds. The van der Waals surface area contributed by atoms with E-state index in [9.17, 15) is 18.0 Å². The van der Waals surface area contributed by atoms with Crippen molar-refractivity contribution in [1.29, 1.82) is 0 Å². The zero-order chi connectivity index (χ0) is 46.1. The quantitative estimate of drug-likeness (QED) is 0.122. The fraction of sp³-hybridized carbons (Fsp3) is 0.447. The van der Waals surface area contributed by atoms with Crippen LogP contribution in [-0.4, -0.2) is 116 Å². The number of anilines is 1. The molecule has 18 heteroatoms. The molecule has 3 aliphatic rings. The Morgan fingerprint density at radius 1 is 1.03 bits per heavy atom. The molecule has 3 aromatic carbocycles. The first-order chi connectivity index (χ1) is 30.9. The number of thiazole rings is 1. The van der Waals surface area contributed by atoms with Gasteiger partial charge in [0.05, 0.1) is 41.5 Å². The number of carbonyl (C=O) groups excluding carboxylic acids is 2. The van der Waals surface area contributed by atoms with Crippen molar-refractivity contribution in [3.8, 4) is 16.7 Å². The maximum Gasteiger partial charge on any atom is 0.410 e. The largest absolute Gasteiger partial charge is 0.467 e. The molecular weight excluding hydrogens is 890 g/mol. The summed E-state index contributed by atoms with van der Waals surface area (Å²) in [7, 11) is -4.41. The number of aromatic amines is 1. The number of sulfonamides is 1. The molecule has 0 bridgehead atoms. The van der Waals surface area contributed by atoms with Crippen molar-refractivity contribution in [1.82, 2.24) is 29.7 Å². The van der Waals surface area contributed by atoms with Gasteiger partial charge < -0.3 is 28.7 Å². The lowest BCUT2D eigenvalue weighted by Gasteiger charge is -2.39. The molecule has 2 aromatic heterocycles. The van der Waals surface area contributed by atoms with Crippen LogP contribution in [0.25, 0.3) is 16.5 Å². The number of rotatable bonds is 12. The number of aryl methyl sites for hydroxylation is 1. The second kappa shape index (κ2) is 19.0. The number of allylic oxidation sites excluding steroid dienone is 1. The summed E-state index contributed by atoms with van der Waals surface area (Å²) in [5.74, 6) is -0.233. The van der Waals surface area contributed by atoms with E-state index in [0.717, 1.165) is 79.5 Å². The van der Waals surface area contributed by atoms with Crippen LogP contribution in [0.5, 0.6) is 16.7 Å². The van der Waals surface area contributed by atoms with E-state index in [1.54, 1.807) is 50.1 Å². The zero-order valence-corrected chi connectivity index (χ0v) is 40.0. The number of hydrogen-bond acceptors (Lipinski definition) is 13. The van der Waals surface area contributed by atoms with Crippen molar-refractivity contribution in [2.75, 3.05) is 63.9 Å². The molecule has 5 aromatic rings. The molecule has 346 valence electrons. The van der Waals surface area contributed by atoms with Crippen molar-refractivity contribution in [2.45, 2.75) is 76.7 Å². The third-order valence-corrected chi connectivity index (χ3v) is 15.1. The Morgan fingerprint density at radius 2 is 1.80 bits per heavy atom. The summed E-state index contributed by atoms with van der Waals surface area (Å²) >= 11 is 7.05. The van der Waals surface area contributed by atoms with Gasteiger partial charge in [0.15, 0.2) is 4.21 Å². The van der Waals surface area contributed by atoms with Gasteiger partial charge in [-0.3, -0.25) is 14.8 Å². The van der Waals surface area contributed by atoms with Crippen LogP contribution in [0.1, 0.15) is 75.5 Å². The second-order valence-electron chi connectivity index (χ2n) is 18.6. The lowest BCUT2D eigenvalue weighted by atomic mass is 9.72. The number of fused-ring (bicyclic) bond motifs is 1. The summed E-state index contributed by atoms with van der Waals surface area (Å²) in [5.41, 5.74) is 5.50. The van der Waals surface area contributed by atoms with E-state index >= 15 is 0 Å². The summed E-state index contributed by atoms with van der Waals surface area (Å²) in [6.45, 7) is 16.6. The van der Waals surface area contributed by atoms with Gasteiger partial charge in [-0.15, -0.1) is 0 Å². The van der Waals surface area contributed by atoms with Gasteiger partial charge in [0.25, 0.3) is 21.1 Å². The molecule has 65 heavy (non-hydrogen) atoms. The predicted molar refractivity (Wildman–Crippen MR) is 252 cm³/mol. The second-order valence-corrected chi connectivity index (χ2v) is 21.9. The van der Waals surface area contributed by atoms with Gasteiger partial charge in [-0.05, 0) is 99.9 Å². The van der Waals surface area contributed by atoms with Crippen LogP contribution in [0.15, 0.2) is 76.6 Å². The van der Waals surface area contributed by atoms with E-state index in [0.29, 0.717) is 24.3 Å². The standard InChI is InChI=1S/C47H56ClN7O8S2/c1-30-43(64-44(50-30)61-29-35-28-55(22-23-60-35)45(57)63-46(2,3)4)65(58,59)52-42(56)36-15-14-34(24-41(36)62-40-9-7-8-39-38(40)26-49-51-39)54-20-18-53(19-21-54)27-32-16-17-47(5,6)25-37(32)31-10-12-33(48)13-11-31/h7-15,24,26,35H,16-23,25,27-29H2,1-6H3,(H,49,51)(H,52,56)/t35-/m0/s1. The molecule has 0 saturated carbocycles. The molecule has 0 radical (unpaired) electrons. The number of H-pyrrole nitrogens is 1. The number of amides is 2. The summed E-state index contributed by atoms with van der Waals surface area (Å²) in [5, 5.41) is 8.62. The van der Waals surface area contributed by atoms with Gasteiger partial charge in [-0.2, -0.15) is 5.10 Å². The van der Waals surface area contributed by atoms with Crippen molar-refractivity contribution in [3.63, 3.8) is 0 Å². The molecule has 1 atom stereocenters. The van der Waals surface area contributed by atoms with Crippen LogP contribution in [0, 0.1) is 12.3 Å². The summed E-state index contributed by atoms with van der Waals surface area (Å²) in [6.07, 6.45) is 3.93. The molecule has 15 nitrogen and oxygen atoms in total. The molecular formula is C47H56ClN7O8S2. The molecule has 2 fully saturated rings. The van der Waals surface area contributed by atoms with E-state index in [1.807, 2.05) is 30.3 Å². The highest BCUT2D eigenvalue weighted by Crippen LogP contribution is 2.44. The fourth-order valence-corrected chi connectivity index (χ4v) is 10.8. The Kier molecular flexibility index (Phi) is 13.5. The first-order valence-electron chi connectivity index (χ1n) is 21.8. The summed E-state index contributed by atoms with van der Waals surface area (Å²) in [6, 6.07) is 18.9. The number of aromatic nitrogens is 3. The van der Waals surface area contributed by atoms with E-state index in [-0.39, 0.29) is 45.0 Å². The van der Waals surface area contributed by atoms with Gasteiger partial charge in [-0.25, -0.2) is 22.9 Å². The highest BCUT2D eigenvalue weighted by atomic mass is 35.5. The van der Waals surface area contributed by atoms with Crippen LogP contribution < -0.4 is 19.1 Å². The third kappa shape index (κ3) is 11.3.